The number of β-amino-alcohol motifs (C(OH)–C–C–N with tert-alkyl or cyclic N) is 1. The van der Waals surface area contributed by atoms with Crippen LogP contribution in [0.5, 0.6) is 0 Å². The molecule has 0 saturated heterocycles. The lowest BCUT2D eigenvalue weighted by molar-refractivity contribution is -0.0857. The molecule has 1 fully saturated rings. The molecule has 2 aromatic heterocycles. The Labute approximate surface area is 271 Å². The first-order valence-electron chi connectivity index (χ1n) is 16.7. The molecule has 4 atom stereocenters. The van der Waals surface area contributed by atoms with E-state index < -0.39 is 17.1 Å². The third-order valence-electron chi connectivity index (χ3n) is 11.3. The number of benzene rings is 2. The van der Waals surface area contributed by atoms with Crippen molar-refractivity contribution in [2.75, 3.05) is 13.1 Å². The van der Waals surface area contributed by atoms with Crippen LogP contribution in [0.3, 0.4) is 0 Å². The van der Waals surface area contributed by atoms with Crippen molar-refractivity contribution >= 4 is 28.0 Å². The zero-order valence-electron chi connectivity index (χ0n) is 26.9. The van der Waals surface area contributed by atoms with Crippen LogP contribution in [-0.2, 0) is 19.4 Å². The third-order valence-corrected chi connectivity index (χ3v) is 12.3. The second-order valence-corrected chi connectivity index (χ2v) is 15.6. The number of aryl methyl sites for hydroxylation is 1. The molecule has 3 heterocycles. The minimum Gasteiger partial charge on any atom is -0.393 e. The Kier molecular flexibility index (Phi) is 8.14. The molecule has 1 aliphatic heterocycles. The highest BCUT2D eigenvalue weighted by Gasteiger charge is 2.57. The molecule has 236 valence electrons. The predicted octanol–water partition coefficient (Wildman–Crippen LogP) is 7.87. The number of hydrogen-bond acceptors (Lipinski definition) is 5. The summed E-state index contributed by atoms with van der Waals surface area (Å²) in [6, 6.07) is 18.8. The fourth-order valence-corrected chi connectivity index (χ4v) is 9.46. The highest BCUT2D eigenvalue weighted by atomic mass is 32.1. The summed E-state index contributed by atoms with van der Waals surface area (Å²) in [4.78, 5) is 22.1. The number of nitrogens with one attached hydrogen (secondary N) is 1. The standard InChI is InChI=1S/C39H46N2O3S/c1-25-7-6-18-38(3)33(16-19-39(38,44)24-41-20-17-31-30-8-4-5-9-34(30)40-35(31)23-41)29-14-12-27(21-28(42)13-10-25)22-32(29)37(43)36-15-11-26(2)45-36/h4-5,7-9,11-12,14-15,22,28,33,40,42,44H,6,10,13,16-21,23-24H2,1-3H3. The molecule has 2 aromatic carbocycles. The number of carbonyl (C=O) groups excluding carboxylic acids is 1. The molecule has 5 nitrogen and oxygen atoms in total. The Hall–Kier alpha value is -3.03. The molecule has 3 aliphatic carbocycles. The summed E-state index contributed by atoms with van der Waals surface area (Å²) in [6.07, 6.45) is 8.19. The quantitative estimate of drug-likeness (QED) is 0.160. The van der Waals surface area contributed by atoms with Crippen LogP contribution >= 0.6 is 11.3 Å². The maximum absolute atomic E-state index is 14.2. The SMILES string of the molecule is CC1=CCCC2(C)C(CCC2(O)CN2CCc3c([nH]c4ccccc34)C2)c2ccc(cc2C(=O)c2ccc(C)s2)CC(O)CC1. The van der Waals surface area contributed by atoms with Gasteiger partial charge in [0.1, 0.15) is 0 Å². The number of rotatable bonds is 4. The molecule has 4 unspecified atom stereocenters. The number of H-pyrrole nitrogens is 1. The van der Waals surface area contributed by atoms with Crippen LogP contribution in [0.2, 0.25) is 0 Å². The van der Waals surface area contributed by atoms with Gasteiger partial charge in [0.05, 0.1) is 16.6 Å². The van der Waals surface area contributed by atoms with Gasteiger partial charge in [0.25, 0.3) is 0 Å². The van der Waals surface area contributed by atoms with Crippen LogP contribution in [0.4, 0.5) is 0 Å². The number of hydrogen-bond donors (Lipinski definition) is 3. The Morgan fingerprint density at radius 2 is 1.91 bits per heavy atom. The zero-order chi connectivity index (χ0) is 31.3. The van der Waals surface area contributed by atoms with E-state index in [-0.39, 0.29) is 11.7 Å². The number of carbonyl (C=O) groups is 1. The van der Waals surface area contributed by atoms with E-state index in [4.69, 9.17) is 0 Å². The smallest absolute Gasteiger partial charge is 0.203 e. The molecule has 8 rings (SSSR count). The topological polar surface area (TPSA) is 76.6 Å². The minimum absolute atomic E-state index is 0.0477. The molecule has 2 bridgehead atoms. The average Bonchev–Trinajstić information content (AvgIpc) is 3.69. The number of aromatic amines is 1. The van der Waals surface area contributed by atoms with Gasteiger partial charge in [-0.2, -0.15) is 0 Å². The summed E-state index contributed by atoms with van der Waals surface area (Å²) in [5.41, 5.74) is 6.66. The monoisotopic (exact) mass is 622 g/mol. The summed E-state index contributed by atoms with van der Waals surface area (Å²) >= 11 is 1.54. The number of nitrogens with zero attached hydrogens (tertiary/aromatic N) is 1. The van der Waals surface area contributed by atoms with Crippen molar-refractivity contribution < 1.29 is 15.0 Å². The predicted molar refractivity (Wildman–Crippen MR) is 183 cm³/mol. The van der Waals surface area contributed by atoms with E-state index >= 15 is 0 Å². The van der Waals surface area contributed by atoms with E-state index in [0.29, 0.717) is 25.8 Å². The van der Waals surface area contributed by atoms with E-state index in [2.05, 4.69) is 66.2 Å². The average molecular weight is 623 g/mol. The van der Waals surface area contributed by atoms with Crippen LogP contribution in [-0.4, -0.2) is 50.7 Å². The molecule has 0 radical (unpaired) electrons. The molecule has 0 spiro atoms. The van der Waals surface area contributed by atoms with Crippen LogP contribution in [0.1, 0.15) is 101 Å². The summed E-state index contributed by atoms with van der Waals surface area (Å²) < 4.78 is 0. The Bertz CT molecular complexity index is 1770. The highest BCUT2D eigenvalue weighted by Crippen LogP contribution is 2.59. The Morgan fingerprint density at radius 1 is 1.07 bits per heavy atom. The van der Waals surface area contributed by atoms with Crippen LogP contribution in [0.15, 0.2) is 66.2 Å². The first-order chi connectivity index (χ1) is 21.6. The normalized spacial score (nSPS) is 27.6. The van der Waals surface area contributed by atoms with Gasteiger partial charge in [0, 0.05) is 52.1 Å². The molecule has 1 saturated carbocycles. The molecule has 4 aliphatic rings. The number of aromatic nitrogens is 1. The maximum atomic E-state index is 14.2. The van der Waals surface area contributed by atoms with E-state index in [0.717, 1.165) is 71.6 Å². The van der Waals surface area contributed by atoms with Gasteiger partial charge < -0.3 is 15.2 Å². The van der Waals surface area contributed by atoms with E-state index in [9.17, 15) is 15.0 Å². The lowest BCUT2D eigenvalue weighted by Crippen LogP contribution is -2.53. The van der Waals surface area contributed by atoms with Crippen LogP contribution in [0.25, 0.3) is 10.9 Å². The fourth-order valence-electron chi connectivity index (χ4n) is 8.64. The zero-order valence-corrected chi connectivity index (χ0v) is 27.7. The first kappa shape index (κ1) is 30.6. The summed E-state index contributed by atoms with van der Waals surface area (Å²) in [5, 5.41) is 25.0. The number of aliphatic hydroxyl groups excluding tert-OH is 1. The summed E-state index contributed by atoms with van der Waals surface area (Å²) in [7, 11) is 0. The highest BCUT2D eigenvalue weighted by molar-refractivity contribution is 7.14. The number of thiophene rings is 1. The van der Waals surface area contributed by atoms with Crippen LogP contribution < -0.4 is 0 Å². The molecule has 3 N–H and O–H groups in total. The molecular formula is C39H46N2O3S. The molecule has 0 amide bonds. The molecular weight excluding hydrogens is 577 g/mol. The van der Waals surface area contributed by atoms with Crippen LogP contribution in [0, 0.1) is 12.3 Å². The number of ketones is 1. The van der Waals surface area contributed by atoms with Crippen molar-refractivity contribution in [3.63, 3.8) is 0 Å². The lowest BCUT2D eigenvalue weighted by Gasteiger charge is -2.46. The number of para-hydroxylation sites is 1. The third kappa shape index (κ3) is 5.65. The van der Waals surface area contributed by atoms with Gasteiger partial charge in [-0.3, -0.25) is 9.69 Å². The van der Waals surface area contributed by atoms with Crippen molar-refractivity contribution in [3.8, 4) is 0 Å². The second-order valence-electron chi connectivity index (χ2n) is 14.3. The summed E-state index contributed by atoms with van der Waals surface area (Å²) in [6.45, 7) is 8.85. The second kappa shape index (κ2) is 12.0. The largest absolute Gasteiger partial charge is 0.393 e. The Balaban J connectivity index is 1.26. The van der Waals surface area contributed by atoms with E-state index in [1.165, 1.54) is 27.7 Å². The van der Waals surface area contributed by atoms with Gasteiger partial charge in [0.2, 0.25) is 5.78 Å². The maximum Gasteiger partial charge on any atom is 0.203 e. The Morgan fingerprint density at radius 3 is 2.73 bits per heavy atom. The van der Waals surface area contributed by atoms with Crippen molar-refractivity contribution in [2.24, 2.45) is 5.41 Å². The van der Waals surface area contributed by atoms with Gasteiger partial charge in [-0.05, 0) is 112 Å². The van der Waals surface area contributed by atoms with E-state index in [1.807, 2.05) is 25.1 Å². The van der Waals surface area contributed by atoms with Crippen molar-refractivity contribution in [3.05, 3.63) is 104 Å². The van der Waals surface area contributed by atoms with Gasteiger partial charge in [-0.15, -0.1) is 11.3 Å². The van der Waals surface area contributed by atoms with Gasteiger partial charge in [-0.1, -0.05) is 48.9 Å². The van der Waals surface area contributed by atoms with Gasteiger partial charge in [-0.25, -0.2) is 0 Å². The lowest BCUT2D eigenvalue weighted by atomic mass is 9.64. The van der Waals surface area contributed by atoms with E-state index in [1.54, 1.807) is 11.3 Å². The molecule has 4 aromatic rings. The molecule has 45 heavy (non-hydrogen) atoms. The minimum atomic E-state index is -0.894. The van der Waals surface area contributed by atoms with Gasteiger partial charge >= 0.3 is 0 Å². The summed E-state index contributed by atoms with van der Waals surface area (Å²) in [5.74, 6) is 0.106. The fraction of sp³-hybridized carbons (Fsp3) is 0.462. The van der Waals surface area contributed by atoms with Gasteiger partial charge in [0.15, 0.2) is 0 Å². The number of allylic oxidation sites excluding steroid dienone is 2. The first-order valence-corrected chi connectivity index (χ1v) is 17.6. The van der Waals surface area contributed by atoms with Crippen molar-refractivity contribution in [1.29, 1.82) is 0 Å². The molecule has 6 heteroatoms. The van der Waals surface area contributed by atoms with Crippen molar-refractivity contribution in [2.45, 2.75) is 96.3 Å². The number of aliphatic hydroxyl groups is 2. The number of fused-ring (bicyclic) bond motifs is 11. The van der Waals surface area contributed by atoms with Crippen molar-refractivity contribution in [1.82, 2.24) is 9.88 Å².